The number of nitrogens with one attached hydrogen (secondary N) is 1. The third kappa shape index (κ3) is 4.91. The Bertz CT molecular complexity index is 1060. The summed E-state index contributed by atoms with van der Waals surface area (Å²) in [6.45, 7) is 2.68. The number of ether oxygens (including phenoxy) is 1. The van der Waals surface area contributed by atoms with E-state index in [1.54, 1.807) is 7.11 Å². The Morgan fingerprint density at radius 1 is 1.13 bits per heavy atom. The molecule has 1 aliphatic rings. The number of aromatic nitrogens is 2. The van der Waals surface area contributed by atoms with Crippen LogP contribution in [-0.2, 0) is 11.2 Å². The van der Waals surface area contributed by atoms with Crippen molar-refractivity contribution in [2.45, 2.75) is 32.2 Å². The van der Waals surface area contributed by atoms with Crippen molar-refractivity contribution in [1.29, 1.82) is 0 Å². The number of carbonyl (C=O) groups excluding carboxylic acids is 2. The molecule has 1 atom stereocenters. The highest BCUT2D eigenvalue weighted by atomic mass is 32.1. The van der Waals surface area contributed by atoms with Gasteiger partial charge in [0.05, 0.1) is 19.6 Å². The maximum absolute atomic E-state index is 12.9. The molecular formula is C23H24N4O3S. The second-order valence-corrected chi connectivity index (χ2v) is 8.54. The summed E-state index contributed by atoms with van der Waals surface area (Å²) in [5, 5.41) is 12.2. The van der Waals surface area contributed by atoms with Crippen LogP contribution in [0.2, 0.25) is 0 Å². The van der Waals surface area contributed by atoms with E-state index in [9.17, 15) is 9.59 Å². The molecule has 2 aromatic carbocycles. The molecule has 1 aromatic heterocycles. The first-order chi connectivity index (χ1) is 15.0. The van der Waals surface area contributed by atoms with Crippen LogP contribution in [0.3, 0.4) is 0 Å². The van der Waals surface area contributed by atoms with Gasteiger partial charge in [-0.05, 0) is 49.6 Å². The second-order valence-electron chi connectivity index (χ2n) is 7.54. The normalized spacial score (nSPS) is 15.7. The van der Waals surface area contributed by atoms with Gasteiger partial charge in [-0.3, -0.25) is 9.59 Å². The Kier molecular flexibility index (Phi) is 6.27. The number of nitrogens with zero attached hydrogens (tertiary/aromatic N) is 3. The van der Waals surface area contributed by atoms with E-state index in [-0.39, 0.29) is 17.9 Å². The van der Waals surface area contributed by atoms with Gasteiger partial charge in [0.15, 0.2) is 0 Å². The number of aryl methyl sites for hydroxylation is 1. The van der Waals surface area contributed by atoms with Gasteiger partial charge >= 0.3 is 0 Å². The van der Waals surface area contributed by atoms with Crippen LogP contribution >= 0.6 is 11.3 Å². The average molecular weight is 437 g/mol. The van der Waals surface area contributed by atoms with Gasteiger partial charge in [-0.2, -0.15) is 0 Å². The van der Waals surface area contributed by atoms with Gasteiger partial charge in [0.1, 0.15) is 10.8 Å². The molecule has 0 radical (unpaired) electrons. The molecule has 7 nitrogen and oxygen atoms in total. The number of rotatable bonds is 6. The van der Waals surface area contributed by atoms with E-state index in [4.69, 9.17) is 4.74 Å². The summed E-state index contributed by atoms with van der Waals surface area (Å²) >= 11 is 1.25. The lowest BCUT2D eigenvalue weighted by Crippen LogP contribution is -2.31. The van der Waals surface area contributed by atoms with Crippen LogP contribution in [0.25, 0.3) is 0 Å². The second kappa shape index (κ2) is 9.26. The van der Waals surface area contributed by atoms with E-state index in [0.717, 1.165) is 29.7 Å². The summed E-state index contributed by atoms with van der Waals surface area (Å²) < 4.78 is 5.17. The largest absolute Gasteiger partial charge is 0.497 e. The molecule has 1 fully saturated rings. The number of amides is 2. The Balaban J connectivity index is 1.42. The number of hydrogen-bond acceptors (Lipinski definition) is 6. The topological polar surface area (TPSA) is 84.4 Å². The molecule has 0 saturated carbocycles. The van der Waals surface area contributed by atoms with Gasteiger partial charge in [0.2, 0.25) is 10.9 Å². The van der Waals surface area contributed by atoms with Gasteiger partial charge < -0.3 is 15.0 Å². The molecule has 1 aliphatic heterocycles. The fourth-order valence-electron chi connectivity index (χ4n) is 3.62. The molecule has 0 spiro atoms. The zero-order valence-electron chi connectivity index (χ0n) is 17.5. The first kappa shape index (κ1) is 21.0. The minimum absolute atomic E-state index is 0.0496. The van der Waals surface area contributed by atoms with Crippen molar-refractivity contribution < 1.29 is 14.3 Å². The molecule has 8 heteroatoms. The van der Waals surface area contributed by atoms with Gasteiger partial charge in [-0.1, -0.05) is 41.2 Å². The summed E-state index contributed by atoms with van der Waals surface area (Å²) in [5.41, 5.74) is 2.77. The molecule has 0 bridgehead atoms. The molecule has 2 heterocycles. The van der Waals surface area contributed by atoms with Crippen molar-refractivity contribution in [2.75, 3.05) is 19.0 Å². The van der Waals surface area contributed by atoms with Crippen LogP contribution < -0.4 is 10.1 Å². The van der Waals surface area contributed by atoms with Crippen LogP contribution in [-0.4, -0.2) is 40.6 Å². The van der Waals surface area contributed by atoms with Gasteiger partial charge in [-0.15, -0.1) is 10.2 Å². The Morgan fingerprint density at radius 2 is 1.87 bits per heavy atom. The van der Waals surface area contributed by atoms with Crippen molar-refractivity contribution in [3.05, 3.63) is 69.7 Å². The first-order valence-corrected chi connectivity index (χ1v) is 11.0. The number of hydrogen-bond donors (Lipinski definition) is 1. The molecule has 1 unspecified atom stereocenters. The monoisotopic (exact) mass is 436 g/mol. The lowest BCUT2D eigenvalue weighted by atomic mass is 10.1. The molecule has 31 heavy (non-hydrogen) atoms. The zero-order chi connectivity index (χ0) is 21.8. The van der Waals surface area contributed by atoms with E-state index in [0.29, 0.717) is 28.7 Å². The predicted octanol–water partition coefficient (Wildman–Crippen LogP) is 4.01. The van der Waals surface area contributed by atoms with Crippen molar-refractivity contribution in [1.82, 2.24) is 15.1 Å². The fraction of sp³-hybridized carbons (Fsp3) is 0.304. The summed E-state index contributed by atoms with van der Waals surface area (Å²) in [6.07, 6.45) is 2.05. The Morgan fingerprint density at radius 3 is 2.58 bits per heavy atom. The number of benzene rings is 2. The standard InChI is InChI=1S/C23H24N4O3S/c1-15-5-9-17(10-6-15)24-21(29)23-26-25-22(31-23)19-4-3-13-27(19)20(28)14-16-7-11-18(30-2)12-8-16/h5-12,19H,3-4,13-14H2,1-2H3,(H,24,29). The minimum Gasteiger partial charge on any atom is -0.497 e. The highest BCUT2D eigenvalue weighted by molar-refractivity contribution is 7.13. The number of likely N-dealkylation sites (tertiary alicyclic amines) is 1. The van der Waals surface area contributed by atoms with E-state index >= 15 is 0 Å². The van der Waals surface area contributed by atoms with Gasteiger partial charge in [0.25, 0.3) is 5.91 Å². The molecule has 160 valence electrons. The third-order valence-electron chi connectivity index (χ3n) is 5.32. The van der Waals surface area contributed by atoms with Crippen LogP contribution in [0.5, 0.6) is 5.75 Å². The summed E-state index contributed by atoms with van der Waals surface area (Å²) in [5.74, 6) is 0.524. The van der Waals surface area contributed by atoms with Crippen LogP contribution in [0.15, 0.2) is 48.5 Å². The van der Waals surface area contributed by atoms with Crippen molar-refractivity contribution in [3.8, 4) is 5.75 Å². The smallest absolute Gasteiger partial charge is 0.286 e. The van der Waals surface area contributed by atoms with E-state index < -0.39 is 0 Å². The minimum atomic E-state index is -0.290. The third-order valence-corrected chi connectivity index (χ3v) is 6.34. The molecule has 0 aliphatic carbocycles. The Hall–Kier alpha value is -3.26. The van der Waals surface area contributed by atoms with Crippen molar-refractivity contribution >= 4 is 28.8 Å². The zero-order valence-corrected chi connectivity index (χ0v) is 18.3. The first-order valence-electron chi connectivity index (χ1n) is 10.2. The predicted molar refractivity (Wildman–Crippen MR) is 119 cm³/mol. The van der Waals surface area contributed by atoms with Crippen molar-refractivity contribution in [3.63, 3.8) is 0 Å². The van der Waals surface area contributed by atoms with Crippen LogP contribution in [0.4, 0.5) is 5.69 Å². The van der Waals surface area contributed by atoms with Crippen molar-refractivity contribution in [2.24, 2.45) is 0 Å². The van der Waals surface area contributed by atoms with Crippen LogP contribution in [0.1, 0.15) is 44.8 Å². The maximum Gasteiger partial charge on any atom is 0.286 e. The van der Waals surface area contributed by atoms with Crippen LogP contribution in [0, 0.1) is 6.92 Å². The quantitative estimate of drug-likeness (QED) is 0.631. The molecule has 4 rings (SSSR count). The average Bonchev–Trinajstić information content (AvgIpc) is 3.45. The summed E-state index contributed by atoms with van der Waals surface area (Å²) in [7, 11) is 1.62. The lowest BCUT2D eigenvalue weighted by molar-refractivity contribution is -0.131. The molecule has 1 saturated heterocycles. The summed E-state index contributed by atoms with van der Waals surface area (Å²) in [4.78, 5) is 27.3. The molecule has 3 aromatic rings. The lowest BCUT2D eigenvalue weighted by Gasteiger charge is -2.22. The number of methoxy groups -OCH3 is 1. The van der Waals surface area contributed by atoms with E-state index in [2.05, 4.69) is 15.5 Å². The van der Waals surface area contributed by atoms with Gasteiger partial charge in [-0.25, -0.2) is 0 Å². The SMILES string of the molecule is COc1ccc(CC(=O)N2CCCC2c2nnc(C(=O)Nc3ccc(C)cc3)s2)cc1. The fourth-order valence-corrected chi connectivity index (χ4v) is 4.51. The summed E-state index contributed by atoms with van der Waals surface area (Å²) in [6, 6.07) is 15.0. The van der Waals surface area contributed by atoms with E-state index in [1.807, 2.05) is 60.4 Å². The van der Waals surface area contributed by atoms with Gasteiger partial charge in [0, 0.05) is 12.2 Å². The molecule has 1 N–H and O–H groups in total. The number of carbonyl (C=O) groups is 2. The molecular weight excluding hydrogens is 412 g/mol. The Labute approximate surface area is 185 Å². The van der Waals surface area contributed by atoms with E-state index in [1.165, 1.54) is 11.3 Å². The highest BCUT2D eigenvalue weighted by Crippen LogP contribution is 2.34. The number of anilines is 1. The maximum atomic E-state index is 12.9. The highest BCUT2D eigenvalue weighted by Gasteiger charge is 2.33. The molecule has 2 amide bonds.